The highest BCUT2D eigenvalue weighted by molar-refractivity contribution is 6.03. The molecule has 0 saturated carbocycles. The van der Waals surface area contributed by atoms with Crippen LogP contribution in [0.3, 0.4) is 0 Å². The molecule has 1 amide bonds. The monoisotopic (exact) mass is 394 g/mol. The highest BCUT2D eigenvalue weighted by atomic mass is 16.1. The number of rotatable bonds is 4. The fourth-order valence-corrected chi connectivity index (χ4v) is 4.01. The van der Waals surface area contributed by atoms with Crippen molar-refractivity contribution in [2.75, 3.05) is 61.4 Å². The minimum atomic E-state index is -0.203. The van der Waals surface area contributed by atoms with Gasteiger partial charge in [0.25, 0.3) is 5.91 Å². The van der Waals surface area contributed by atoms with Gasteiger partial charge in [-0.05, 0) is 56.1 Å². The van der Waals surface area contributed by atoms with E-state index in [1.54, 1.807) is 12.3 Å². The minimum Gasteiger partial charge on any atom is -0.369 e. The first-order chi connectivity index (χ1) is 14.1. The lowest BCUT2D eigenvalue weighted by molar-refractivity contribution is 0.102. The molecule has 1 aromatic carbocycles. The molecule has 0 aliphatic carbocycles. The fraction of sp³-hybridized carbons (Fsp3) is 0.500. The number of anilines is 3. The SMILES string of the molecule is CC1CCCN(c2nccc(C(=O)Nc3ccc(N4CCN(C)CC4)cc3)n2)C1. The quantitative estimate of drug-likeness (QED) is 0.860. The Morgan fingerprint density at radius 2 is 1.79 bits per heavy atom. The van der Waals surface area contributed by atoms with Crippen molar-refractivity contribution in [3.8, 4) is 0 Å². The van der Waals surface area contributed by atoms with Gasteiger partial charge in [-0.15, -0.1) is 0 Å². The van der Waals surface area contributed by atoms with E-state index in [9.17, 15) is 4.79 Å². The molecule has 2 aromatic rings. The lowest BCUT2D eigenvalue weighted by Crippen LogP contribution is -2.44. The summed E-state index contributed by atoms with van der Waals surface area (Å²) >= 11 is 0. The molecule has 1 N–H and O–H groups in total. The highest BCUT2D eigenvalue weighted by Crippen LogP contribution is 2.21. The molecule has 7 nitrogen and oxygen atoms in total. The molecule has 2 aliphatic heterocycles. The van der Waals surface area contributed by atoms with Crippen molar-refractivity contribution in [2.45, 2.75) is 19.8 Å². The van der Waals surface area contributed by atoms with Crippen LogP contribution in [0.5, 0.6) is 0 Å². The summed E-state index contributed by atoms with van der Waals surface area (Å²) in [6, 6.07) is 9.73. The van der Waals surface area contributed by atoms with Crippen molar-refractivity contribution in [3.05, 3.63) is 42.2 Å². The number of carbonyl (C=O) groups is 1. The molecule has 29 heavy (non-hydrogen) atoms. The molecule has 7 heteroatoms. The molecule has 0 bridgehead atoms. The zero-order valence-electron chi connectivity index (χ0n) is 17.3. The molecule has 2 saturated heterocycles. The summed E-state index contributed by atoms with van der Waals surface area (Å²) in [4.78, 5) is 28.5. The molecule has 0 spiro atoms. The van der Waals surface area contributed by atoms with Crippen LogP contribution in [-0.4, -0.2) is 67.1 Å². The second-order valence-electron chi connectivity index (χ2n) is 8.23. The second kappa shape index (κ2) is 8.78. The smallest absolute Gasteiger partial charge is 0.274 e. The number of piperidine rings is 1. The van der Waals surface area contributed by atoms with Crippen molar-refractivity contribution >= 4 is 23.2 Å². The lowest BCUT2D eigenvalue weighted by atomic mass is 10.0. The zero-order chi connectivity index (χ0) is 20.2. The van der Waals surface area contributed by atoms with E-state index in [1.165, 1.54) is 12.1 Å². The number of amides is 1. The molecule has 2 fully saturated rings. The van der Waals surface area contributed by atoms with Crippen LogP contribution in [0.1, 0.15) is 30.3 Å². The summed E-state index contributed by atoms with van der Waals surface area (Å²) < 4.78 is 0. The molecular weight excluding hydrogens is 364 g/mol. The fourth-order valence-electron chi connectivity index (χ4n) is 4.01. The van der Waals surface area contributed by atoms with E-state index in [2.05, 4.69) is 56.1 Å². The van der Waals surface area contributed by atoms with Crippen LogP contribution in [0.4, 0.5) is 17.3 Å². The third-order valence-corrected chi connectivity index (χ3v) is 5.81. The Balaban J connectivity index is 1.39. The van der Waals surface area contributed by atoms with E-state index in [0.717, 1.165) is 51.4 Å². The molecule has 3 heterocycles. The molecule has 1 unspecified atom stereocenters. The Morgan fingerprint density at radius 3 is 2.52 bits per heavy atom. The summed E-state index contributed by atoms with van der Waals surface area (Å²) in [7, 11) is 2.15. The van der Waals surface area contributed by atoms with Gasteiger partial charge >= 0.3 is 0 Å². The maximum Gasteiger partial charge on any atom is 0.274 e. The lowest BCUT2D eigenvalue weighted by Gasteiger charge is -2.34. The summed E-state index contributed by atoms with van der Waals surface area (Å²) in [5.41, 5.74) is 2.37. The number of likely N-dealkylation sites (N-methyl/N-ethyl adjacent to an activating group) is 1. The van der Waals surface area contributed by atoms with Crippen molar-refractivity contribution in [1.82, 2.24) is 14.9 Å². The third kappa shape index (κ3) is 4.85. The number of carbonyl (C=O) groups excluding carboxylic acids is 1. The summed E-state index contributed by atoms with van der Waals surface area (Å²) in [5, 5.41) is 2.96. The average Bonchev–Trinajstić information content (AvgIpc) is 2.75. The highest BCUT2D eigenvalue weighted by Gasteiger charge is 2.20. The molecule has 2 aliphatic rings. The second-order valence-corrected chi connectivity index (χ2v) is 8.23. The molecule has 4 rings (SSSR count). The van der Waals surface area contributed by atoms with Gasteiger partial charge in [0.2, 0.25) is 5.95 Å². The maximum atomic E-state index is 12.7. The first-order valence-corrected chi connectivity index (χ1v) is 10.5. The summed E-state index contributed by atoms with van der Waals surface area (Å²) in [6.45, 7) is 8.34. The van der Waals surface area contributed by atoms with Crippen LogP contribution in [0, 0.1) is 5.92 Å². The topological polar surface area (TPSA) is 64.6 Å². The molecule has 1 aromatic heterocycles. The minimum absolute atomic E-state index is 0.203. The van der Waals surface area contributed by atoms with Gasteiger partial charge in [-0.25, -0.2) is 9.97 Å². The Bertz CT molecular complexity index is 831. The molecule has 0 radical (unpaired) electrons. The number of nitrogens with one attached hydrogen (secondary N) is 1. The number of piperazine rings is 1. The van der Waals surface area contributed by atoms with Crippen molar-refractivity contribution in [3.63, 3.8) is 0 Å². The van der Waals surface area contributed by atoms with Gasteiger partial charge in [0.15, 0.2) is 0 Å². The van der Waals surface area contributed by atoms with Crippen molar-refractivity contribution in [1.29, 1.82) is 0 Å². The Labute approximate surface area is 172 Å². The van der Waals surface area contributed by atoms with Crippen LogP contribution >= 0.6 is 0 Å². The van der Waals surface area contributed by atoms with Crippen molar-refractivity contribution in [2.24, 2.45) is 5.92 Å². The number of aromatic nitrogens is 2. The molecule has 1 atom stereocenters. The van der Waals surface area contributed by atoms with Crippen LogP contribution in [-0.2, 0) is 0 Å². The van der Waals surface area contributed by atoms with E-state index in [0.29, 0.717) is 17.6 Å². The molecule has 154 valence electrons. The van der Waals surface area contributed by atoms with E-state index >= 15 is 0 Å². The summed E-state index contributed by atoms with van der Waals surface area (Å²) in [6.07, 6.45) is 4.05. The van der Waals surface area contributed by atoms with Gasteiger partial charge in [0.1, 0.15) is 5.69 Å². The van der Waals surface area contributed by atoms with Gasteiger partial charge < -0.3 is 20.0 Å². The van der Waals surface area contributed by atoms with Crippen LogP contribution in [0.15, 0.2) is 36.5 Å². The summed E-state index contributed by atoms with van der Waals surface area (Å²) in [5.74, 6) is 1.07. The van der Waals surface area contributed by atoms with Crippen LogP contribution < -0.4 is 15.1 Å². The van der Waals surface area contributed by atoms with E-state index in [-0.39, 0.29) is 5.91 Å². The standard InChI is InChI=1S/C22H30N6O/c1-17-4-3-11-28(16-17)22-23-10-9-20(25-22)21(29)24-18-5-7-19(8-6-18)27-14-12-26(2)13-15-27/h5-10,17H,3-4,11-16H2,1-2H3,(H,24,29). The first-order valence-electron chi connectivity index (χ1n) is 10.5. The third-order valence-electron chi connectivity index (χ3n) is 5.81. The van der Waals surface area contributed by atoms with Gasteiger partial charge in [-0.1, -0.05) is 6.92 Å². The van der Waals surface area contributed by atoms with Gasteiger partial charge in [0, 0.05) is 56.8 Å². The predicted molar refractivity (Wildman–Crippen MR) is 117 cm³/mol. The van der Waals surface area contributed by atoms with E-state index < -0.39 is 0 Å². The largest absolute Gasteiger partial charge is 0.369 e. The Kier molecular flexibility index (Phi) is 5.94. The van der Waals surface area contributed by atoms with E-state index in [1.807, 2.05) is 12.1 Å². The first kappa shape index (κ1) is 19.6. The Hall–Kier alpha value is -2.67. The molecular formula is C22H30N6O. The van der Waals surface area contributed by atoms with Gasteiger partial charge in [-0.3, -0.25) is 4.79 Å². The number of benzene rings is 1. The Morgan fingerprint density at radius 1 is 1.03 bits per heavy atom. The van der Waals surface area contributed by atoms with Crippen molar-refractivity contribution < 1.29 is 4.79 Å². The number of hydrogen-bond donors (Lipinski definition) is 1. The number of hydrogen-bond acceptors (Lipinski definition) is 6. The maximum absolute atomic E-state index is 12.7. The van der Waals surface area contributed by atoms with Crippen LogP contribution in [0.2, 0.25) is 0 Å². The van der Waals surface area contributed by atoms with Gasteiger partial charge in [-0.2, -0.15) is 0 Å². The number of nitrogens with zero attached hydrogens (tertiary/aromatic N) is 5. The normalized spacial score (nSPS) is 20.6. The predicted octanol–water partition coefficient (Wildman–Crippen LogP) is 2.72. The average molecular weight is 395 g/mol. The van der Waals surface area contributed by atoms with E-state index in [4.69, 9.17) is 0 Å². The zero-order valence-corrected chi connectivity index (χ0v) is 17.3. The van der Waals surface area contributed by atoms with Crippen LogP contribution in [0.25, 0.3) is 0 Å². The van der Waals surface area contributed by atoms with Gasteiger partial charge in [0.05, 0.1) is 0 Å².